The van der Waals surface area contributed by atoms with Crippen molar-refractivity contribution in [2.45, 2.75) is 51.5 Å². The third kappa shape index (κ3) is 2.29. The number of fused-ring (bicyclic) bond motifs is 1. The number of hydrogen-bond acceptors (Lipinski definition) is 2. The summed E-state index contributed by atoms with van der Waals surface area (Å²) in [6.07, 6.45) is 7.94. The van der Waals surface area contributed by atoms with Crippen LogP contribution in [0.3, 0.4) is 0 Å². The lowest BCUT2D eigenvalue weighted by atomic mass is 9.75. The topological polar surface area (TPSA) is 32.3 Å². The quantitative estimate of drug-likeness (QED) is 0.772. The van der Waals surface area contributed by atoms with Gasteiger partial charge in [0.2, 0.25) is 5.91 Å². The van der Waals surface area contributed by atoms with E-state index in [2.05, 4.69) is 17.1 Å². The molecule has 3 nitrogen and oxygen atoms in total. The fourth-order valence-electron chi connectivity index (χ4n) is 4.16. The van der Waals surface area contributed by atoms with Crippen molar-refractivity contribution in [1.29, 1.82) is 0 Å². The van der Waals surface area contributed by atoms with E-state index >= 15 is 0 Å². The first-order chi connectivity index (χ1) is 8.75. The second-order valence-corrected chi connectivity index (χ2v) is 6.58. The van der Waals surface area contributed by atoms with Gasteiger partial charge in [0.25, 0.3) is 0 Å². The van der Waals surface area contributed by atoms with Crippen molar-refractivity contribution in [2.24, 2.45) is 17.8 Å². The van der Waals surface area contributed by atoms with Gasteiger partial charge in [0.1, 0.15) is 0 Å². The maximum absolute atomic E-state index is 12.5. The third-order valence-corrected chi connectivity index (χ3v) is 5.40. The fourth-order valence-corrected chi connectivity index (χ4v) is 4.16. The Balaban J connectivity index is 1.61. The molecule has 2 saturated heterocycles. The van der Waals surface area contributed by atoms with Gasteiger partial charge in [0.05, 0.1) is 6.04 Å². The second kappa shape index (κ2) is 5.20. The van der Waals surface area contributed by atoms with Crippen LogP contribution in [0, 0.1) is 17.8 Å². The van der Waals surface area contributed by atoms with Crippen LogP contribution in [0.2, 0.25) is 0 Å². The normalized spacial score (nSPS) is 40.6. The van der Waals surface area contributed by atoms with Crippen LogP contribution in [0.15, 0.2) is 0 Å². The Hall–Kier alpha value is -0.570. The molecule has 3 rings (SSSR count). The summed E-state index contributed by atoms with van der Waals surface area (Å²) in [5.41, 5.74) is 0. The SMILES string of the molecule is CC1CCNC1C(=O)N1CCC2CCCCC2C1. The molecule has 4 atom stereocenters. The van der Waals surface area contributed by atoms with Crippen molar-refractivity contribution in [3.05, 3.63) is 0 Å². The molecule has 0 aromatic rings. The highest BCUT2D eigenvalue weighted by molar-refractivity contribution is 5.82. The lowest BCUT2D eigenvalue weighted by Gasteiger charge is -2.42. The molecule has 3 heteroatoms. The van der Waals surface area contributed by atoms with Gasteiger partial charge in [-0.2, -0.15) is 0 Å². The van der Waals surface area contributed by atoms with Gasteiger partial charge in [-0.15, -0.1) is 0 Å². The smallest absolute Gasteiger partial charge is 0.239 e. The van der Waals surface area contributed by atoms with Crippen LogP contribution in [0.25, 0.3) is 0 Å². The Kier molecular flexibility index (Phi) is 3.60. The molecule has 3 fully saturated rings. The minimum Gasteiger partial charge on any atom is -0.341 e. The molecule has 2 aliphatic heterocycles. The van der Waals surface area contributed by atoms with E-state index in [0.717, 1.165) is 37.9 Å². The van der Waals surface area contributed by atoms with Gasteiger partial charge in [0.15, 0.2) is 0 Å². The predicted molar refractivity (Wildman–Crippen MR) is 72.2 cm³/mol. The van der Waals surface area contributed by atoms with Crippen molar-refractivity contribution in [1.82, 2.24) is 10.2 Å². The Labute approximate surface area is 110 Å². The van der Waals surface area contributed by atoms with E-state index in [1.807, 2.05) is 0 Å². The van der Waals surface area contributed by atoms with Gasteiger partial charge in [-0.1, -0.05) is 26.2 Å². The molecule has 0 aromatic carbocycles. The van der Waals surface area contributed by atoms with Crippen molar-refractivity contribution >= 4 is 5.91 Å². The molecule has 1 amide bonds. The number of carbonyl (C=O) groups excluding carboxylic acids is 1. The lowest BCUT2D eigenvalue weighted by Crippen LogP contribution is -2.51. The largest absolute Gasteiger partial charge is 0.341 e. The molecule has 0 spiro atoms. The maximum Gasteiger partial charge on any atom is 0.239 e. The van der Waals surface area contributed by atoms with Crippen LogP contribution >= 0.6 is 0 Å². The fraction of sp³-hybridized carbons (Fsp3) is 0.933. The minimum absolute atomic E-state index is 0.102. The highest BCUT2D eigenvalue weighted by atomic mass is 16.2. The summed E-state index contributed by atoms with van der Waals surface area (Å²) in [6, 6.07) is 0.102. The summed E-state index contributed by atoms with van der Waals surface area (Å²) in [4.78, 5) is 14.7. The molecule has 3 aliphatic rings. The number of nitrogens with one attached hydrogen (secondary N) is 1. The number of amides is 1. The zero-order valence-corrected chi connectivity index (χ0v) is 11.5. The zero-order chi connectivity index (χ0) is 12.5. The number of nitrogens with zero attached hydrogens (tertiary/aromatic N) is 1. The van der Waals surface area contributed by atoms with E-state index < -0.39 is 0 Å². The van der Waals surface area contributed by atoms with E-state index in [9.17, 15) is 4.79 Å². The molecule has 1 aliphatic carbocycles. The number of carbonyl (C=O) groups is 1. The van der Waals surface area contributed by atoms with Crippen molar-refractivity contribution in [2.75, 3.05) is 19.6 Å². The molecule has 4 unspecified atom stereocenters. The second-order valence-electron chi connectivity index (χ2n) is 6.58. The number of hydrogen-bond donors (Lipinski definition) is 1. The molecule has 102 valence electrons. The first-order valence-corrected chi connectivity index (χ1v) is 7.78. The van der Waals surface area contributed by atoms with E-state index in [0.29, 0.717) is 11.8 Å². The van der Waals surface area contributed by atoms with Crippen LogP contribution in [-0.4, -0.2) is 36.5 Å². The molecule has 0 radical (unpaired) electrons. The van der Waals surface area contributed by atoms with E-state index in [-0.39, 0.29) is 6.04 Å². The average molecular weight is 250 g/mol. The van der Waals surface area contributed by atoms with Crippen molar-refractivity contribution in [3.8, 4) is 0 Å². The molecule has 0 aromatic heterocycles. The summed E-state index contributed by atoms with van der Waals surface area (Å²) < 4.78 is 0. The number of piperidine rings is 1. The van der Waals surface area contributed by atoms with Gasteiger partial charge in [-0.05, 0) is 43.6 Å². The summed E-state index contributed by atoms with van der Waals surface area (Å²) in [5, 5.41) is 3.38. The molecule has 1 saturated carbocycles. The van der Waals surface area contributed by atoms with Crippen molar-refractivity contribution in [3.63, 3.8) is 0 Å². The monoisotopic (exact) mass is 250 g/mol. The van der Waals surface area contributed by atoms with Crippen LogP contribution < -0.4 is 5.32 Å². The van der Waals surface area contributed by atoms with Gasteiger partial charge in [0, 0.05) is 13.1 Å². The van der Waals surface area contributed by atoms with E-state index in [1.165, 1.54) is 32.1 Å². The Morgan fingerprint density at radius 3 is 2.61 bits per heavy atom. The Morgan fingerprint density at radius 1 is 1.11 bits per heavy atom. The standard InChI is InChI=1S/C15H26N2O/c1-11-6-8-16-14(11)15(18)17-9-7-12-4-2-3-5-13(12)10-17/h11-14,16H,2-10H2,1H3. The van der Waals surface area contributed by atoms with Gasteiger partial charge < -0.3 is 10.2 Å². The van der Waals surface area contributed by atoms with Gasteiger partial charge >= 0.3 is 0 Å². The maximum atomic E-state index is 12.5. The summed E-state index contributed by atoms with van der Waals surface area (Å²) >= 11 is 0. The highest BCUT2D eigenvalue weighted by Gasteiger charge is 2.37. The lowest BCUT2D eigenvalue weighted by molar-refractivity contribution is -0.137. The molecule has 0 bridgehead atoms. The first kappa shape index (κ1) is 12.5. The number of likely N-dealkylation sites (tertiary alicyclic amines) is 1. The molecule has 2 heterocycles. The zero-order valence-electron chi connectivity index (χ0n) is 11.5. The number of rotatable bonds is 1. The van der Waals surface area contributed by atoms with Gasteiger partial charge in [-0.3, -0.25) is 4.79 Å². The van der Waals surface area contributed by atoms with Crippen LogP contribution in [-0.2, 0) is 4.79 Å². The van der Waals surface area contributed by atoms with E-state index in [4.69, 9.17) is 0 Å². The van der Waals surface area contributed by atoms with Crippen LogP contribution in [0.5, 0.6) is 0 Å². The molecule has 18 heavy (non-hydrogen) atoms. The summed E-state index contributed by atoms with van der Waals surface area (Å²) in [7, 11) is 0. The average Bonchev–Trinajstić information content (AvgIpc) is 2.83. The van der Waals surface area contributed by atoms with Crippen LogP contribution in [0.4, 0.5) is 0 Å². The first-order valence-electron chi connectivity index (χ1n) is 7.78. The highest BCUT2D eigenvalue weighted by Crippen LogP contribution is 2.36. The Bertz CT molecular complexity index is 318. The van der Waals surface area contributed by atoms with Crippen LogP contribution in [0.1, 0.15) is 45.4 Å². The van der Waals surface area contributed by atoms with Gasteiger partial charge in [-0.25, -0.2) is 0 Å². The third-order valence-electron chi connectivity index (χ3n) is 5.40. The summed E-state index contributed by atoms with van der Waals surface area (Å²) in [5.74, 6) is 2.61. The van der Waals surface area contributed by atoms with Crippen molar-refractivity contribution < 1.29 is 4.79 Å². The summed E-state index contributed by atoms with van der Waals surface area (Å²) in [6.45, 7) is 5.26. The Morgan fingerprint density at radius 2 is 1.89 bits per heavy atom. The minimum atomic E-state index is 0.102. The molecular formula is C15H26N2O. The predicted octanol–water partition coefficient (Wildman–Crippen LogP) is 2.02. The molecule has 1 N–H and O–H groups in total. The van der Waals surface area contributed by atoms with E-state index in [1.54, 1.807) is 0 Å². The molecular weight excluding hydrogens is 224 g/mol.